The van der Waals surface area contributed by atoms with Crippen molar-refractivity contribution >= 4 is 27.6 Å². The molecule has 0 saturated heterocycles. The zero-order valence-corrected chi connectivity index (χ0v) is 12.0. The van der Waals surface area contributed by atoms with Gasteiger partial charge in [0.15, 0.2) is 0 Å². The standard InChI is InChI=1S/C12H16N2O5S/c1-14(2)20(18,19)10-5-3-9(4-6-10)13-11(15)7-8-12(16)17/h3-6H,7-8H2,1-2H3,(H,13,15)(H,16,17). The number of carboxylic acids is 1. The number of aliphatic carboxylic acids is 1. The molecule has 20 heavy (non-hydrogen) atoms. The van der Waals surface area contributed by atoms with Crippen molar-refractivity contribution in [3.8, 4) is 0 Å². The van der Waals surface area contributed by atoms with Gasteiger partial charge in [0, 0.05) is 26.2 Å². The van der Waals surface area contributed by atoms with E-state index in [2.05, 4.69) is 5.32 Å². The Kier molecular flexibility index (Phi) is 5.23. The molecule has 7 nitrogen and oxygen atoms in total. The number of carboxylic acid groups (broad SMARTS) is 1. The quantitative estimate of drug-likeness (QED) is 0.806. The van der Waals surface area contributed by atoms with E-state index in [9.17, 15) is 18.0 Å². The lowest BCUT2D eigenvalue weighted by atomic mass is 10.2. The number of benzene rings is 1. The second kappa shape index (κ2) is 6.49. The van der Waals surface area contributed by atoms with Gasteiger partial charge >= 0.3 is 5.97 Å². The molecular weight excluding hydrogens is 284 g/mol. The summed E-state index contributed by atoms with van der Waals surface area (Å²) in [5.74, 6) is -1.48. The van der Waals surface area contributed by atoms with Crippen LogP contribution >= 0.6 is 0 Å². The lowest BCUT2D eigenvalue weighted by Gasteiger charge is -2.11. The number of anilines is 1. The average Bonchev–Trinajstić information content (AvgIpc) is 2.37. The maximum atomic E-state index is 11.8. The highest BCUT2D eigenvalue weighted by atomic mass is 32.2. The molecule has 0 saturated carbocycles. The largest absolute Gasteiger partial charge is 0.481 e. The molecule has 110 valence electrons. The van der Waals surface area contributed by atoms with Crippen molar-refractivity contribution in [3.63, 3.8) is 0 Å². The first kappa shape index (κ1) is 16.1. The smallest absolute Gasteiger partial charge is 0.303 e. The summed E-state index contributed by atoms with van der Waals surface area (Å²) in [6.45, 7) is 0. The van der Waals surface area contributed by atoms with Crippen molar-refractivity contribution in [1.82, 2.24) is 4.31 Å². The second-order valence-corrected chi connectivity index (χ2v) is 6.41. The molecule has 8 heteroatoms. The molecule has 1 rings (SSSR count). The molecule has 0 heterocycles. The third-order valence-corrected chi connectivity index (χ3v) is 4.31. The molecule has 0 radical (unpaired) electrons. The molecular formula is C12H16N2O5S. The van der Waals surface area contributed by atoms with E-state index in [0.717, 1.165) is 4.31 Å². The molecule has 1 aromatic rings. The van der Waals surface area contributed by atoms with Gasteiger partial charge in [-0.25, -0.2) is 12.7 Å². The topological polar surface area (TPSA) is 104 Å². The van der Waals surface area contributed by atoms with Crippen LogP contribution in [0, 0.1) is 0 Å². The van der Waals surface area contributed by atoms with Crippen LogP contribution in [-0.4, -0.2) is 43.8 Å². The Morgan fingerprint density at radius 1 is 1.15 bits per heavy atom. The Morgan fingerprint density at radius 2 is 1.70 bits per heavy atom. The molecule has 0 bridgehead atoms. The van der Waals surface area contributed by atoms with Crippen LogP contribution in [0.5, 0.6) is 0 Å². The number of sulfonamides is 1. The first-order valence-corrected chi connectivity index (χ1v) is 7.21. The molecule has 0 aromatic heterocycles. The summed E-state index contributed by atoms with van der Waals surface area (Å²) in [7, 11) is -0.646. The van der Waals surface area contributed by atoms with E-state index < -0.39 is 21.9 Å². The fraction of sp³-hybridized carbons (Fsp3) is 0.333. The third-order valence-electron chi connectivity index (χ3n) is 2.48. The minimum atomic E-state index is -3.50. The lowest BCUT2D eigenvalue weighted by Crippen LogP contribution is -2.22. The number of amides is 1. The van der Waals surface area contributed by atoms with Gasteiger partial charge in [-0.1, -0.05) is 0 Å². The van der Waals surface area contributed by atoms with Crippen LogP contribution in [0.15, 0.2) is 29.2 Å². The van der Waals surface area contributed by atoms with Crippen LogP contribution in [0.1, 0.15) is 12.8 Å². The van der Waals surface area contributed by atoms with E-state index in [-0.39, 0.29) is 17.7 Å². The molecule has 0 fully saturated rings. The monoisotopic (exact) mass is 300 g/mol. The summed E-state index contributed by atoms with van der Waals surface area (Å²) >= 11 is 0. The number of carbonyl (C=O) groups is 2. The summed E-state index contributed by atoms with van der Waals surface area (Å²) in [4.78, 5) is 21.8. The molecule has 0 spiro atoms. The molecule has 0 aliphatic heterocycles. The summed E-state index contributed by atoms with van der Waals surface area (Å²) in [6.07, 6.45) is -0.383. The predicted molar refractivity (Wildman–Crippen MR) is 72.8 cm³/mol. The van der Waals surface area contributed by atoms with E-state index in [4.69, 9.17) is 5.11 Å². The zero-order valence-electron chi connectivity index (χ0n) is 11.2. The van der Waals surface area contributed by atoms with Crippen molar-refractivity contribution in [2.75, 3.05) is 19.4 Å². The average molecular weight is 300 g/mol. The fourth-order valence-electron chi connectivity index (χ4n) is 1.37. The second-order valence-electron chi connectivity index (χ2n) is 4.25. The van der Waals surface area contributed by atoms with Gasteiger partial charge in [0.2, 0.25) is 15.9 Å². The van der Waals surface area contributed by atoms with Crippen molar-refractivity contribution in [2.45, 2.75) is 17.7 Å². The van der Waals surface area contributed by atoms with Crippen molar-refractivity contribution < 1.29 is 23.1 Å². The Hall–Kier alpha value is -1.93. The summed E-state index contributed by atoms with van der Waals surface area (Å²) < 4.78 is 24.7. The van der Waals surface area contributed by atoms with Gasteiger partial charge in [-0.15, -0.1) is 0 Å². The highest BCUT2D eigenvalue weighted by molar-refractivity contribution is 7.89. The number of hydrogen-bond donors (Lipinski definition) is 2. The first-order chi connectivity index (χ1) is 9.23. The van der Waals surface area contributed by atoms with Crippen molar-refractivity contribution in [3.05, 3.63) is 24.3 Å². The van der Waals surface area contributed by atoms with Gasteiger partial charge in [-0.3, -0.25) is 9.59 Å². The van der Waals surface area contributed by atoms with E-state index in [1.165, 1.54) is 38.4 Å². The summed E-state index contributed by atoms with van der Waals surface area (Å²) in [5.41, 5.74) is 0.415. The lowest BCUT2D eigenvalue weighted by molar-refractivity contribution is -0.138. The number of nitrogens with one attached hydrogen (secondary N) is 1. The molecule has 0 aliphatic rings. The Bertz CT molecular complexity index is 593. The maximum absolute atomic E-state index is 11.8. The van der Waals surface area contributed by atoms with Gasteiger partial charge < -0.3 is 10.4 Å². The zero-order chi connectivity index (χ0) is 15.3. The normalized spacial score (nSPS) is 11.3. The molecule has 2 N–H and O–H groups in total. The SMILES string of the molecule is CN(C)S(=O)(=O)c1ccc(NC(=O)CCC(=O)O)cc1. The van der Waals surface area contributed by atoms with Crippen molar-refractivity contribution in [2.24, 2.45) is 0 Å². The molecule has 0 unspecified atom stereocenters. The van der Waals surface area contributed by atoms with Crippen LogP contribution in [-0.2, 0) is 19.6 Å². The highest BCUT2D eigenvalue weighted by Gasteiger charge is 2.16. The molecule has 0 atom stereocenters. The summed E-state index contributed by atoms with van der Waals surface area (Å²) in [6, 6.07) is 5.66. The third kappa shape index (κ3) is 4.32. The van der Waals surface area contributed by atoms with Crippen LogP contribution in [0.4, 0.5) is 5.69 Å². The van der Waals surface area contributed by atoms with E-state index in [1.807, 2.05) is 0 Å². The van der Waals surface area contributed by atoms with Gasteiger partial charge in [-0.05, 0) is 24.3 Å². The van der Waals surface area contributed by atoms with Crippen LogP contribution in [0.2, 0.25) is 0 Å². The van der Waals surface area contributed by atoms with E-state index in [0.29, 0.717) is 5.69 Å². The number of rotatable bonds is 6. The number of carbonyl (C=O) groups excluding carboxylic acids is 1. The van der Waals surface area contributed by atoms with Crippen LogP contribution in [0.3, 0.4) is 0 Å². The minimum absolute atomic E-state index is 0.117. The van der Waals surface area contributed by atoms with Crippen molar-refractivity contribution in [1.29, 1.82) is 0 Å². The molecule has 1 amide bonds. The van der Waals surface area contributed by atoms with Gasteiger partial charge in [0.25, 0.3) is 0 Å². The van der Waals surface area contributed by atoms with Gasteiger partial charge in [-0.2, -0.15) is 0 Å². The molecule has 1 aromatic carbocycles. The van der Waals surface area contributed by atoms with Crippen LogP contribution in [0.25, 0.3) is 0 Å². The Labute approximate surface area is 117 Å². The summed E-state index contributed by atoms with van der Waals surface area (Å²) in [5, 5.41) is 10.9. The predicted octanol–water partition coefficient (Wildman–Crippen LogP) is 0.740. The molecule has 0 aliphatic carbocycles. The van der Waals surface area contributed by atoms with Crippen LogP contribution < -0.4 is 5.32 Å². The van der Waals surface area contributed by atoms with E-state index in [1.54, 1.807) is 0 Å². The Balaban J connectivity index is 2.73. The first-order valence-electron chi connectivity index (χ1n) is 5.77. The fourth-order valence-corrected chi connectivity index (χ4v) is 2.27. The number of nitrogens with zero attached hydrogens (tertiary/aromatic N) is 1. The Morgan fingerprint density at radius 3 is 2.15 bits per heavy atom. The maximum Gasteiger partial charge on any atom is 0.303 e. The number of hydrogen-bond acceptors (Lipinski definition) is 4. The van der Waals surface area contributed by atoms with E-state index >= 15 is 0 Å². The minimum Gasteiger partial charge on any atom is -0.481 e. The highest BCUT2D eigenvalue weighted by Crippen LogP contribution is 2.16. The van der Waals surface area contributed by atoms with Gasteiger partial charge in [0.1, 0.15) is 0 Å². The van der Waals surface area contributed by atoms with Gasteiger partial charge in [0.05, 0.1) is 11.3 Å².